The van der Waals surface area contributed by atoms with Crippen molar-refractivity contribution in [1.29, 1.82) is 0 Å². The van der Waals surface area contributed by atoms with E-state index in [2.05, 4.69) is 5.32 Å². The number of hydrogen-bond acceptors (Lipinski definition) is 4. The number of benzene rings is 3. The van der Waals surface area contributed by atoms with Gasteiger partial charge in [0.25, 0.3) is 10.0 Å². The summed E-state index contributed by atoms with van der Waals surface area (Å²) in [6.07, 6.45) is 2.28. The van der Waals surface area contributed by atoms with Gasteiger partial charge in [-0.2, -0.15) is 0 Å². The van der Waals surface area contributed by atoms with E-state index >= 15 is 0 Å². The molecule has 0 bridgehead atoms. The van der Waals surface area contributed by atoms with Gasteiger partial charge in [0.1, 0.15) is 12.6 Å². The summed E-state index contributed by atoms with van der Waals surface area (Å²) in [5.74, 6) is -0.743. The number of nitrogens with one attached hydrogen (secondary N) is 1. The molecule has 3 aromatic carbocycles. The summed E-state index contributed by atoms with van der Waals surface area (Å²) in [6, 6.07) is 23.1. The lowest BCUT2D eigenvalue weighted by Crippen LogP contribution is -2.52. The Morgan fingerprint density at radius 3 is 2.13 bits per heavy atom. The van der Waals surface area contributed by atoms with E-state index in [-0.39, 0.29) is 17.3 Å². The van der Waals surface area contributed by atoms with Gasteiger partial charge in [0.2, 0.25) is 11.8 Å². The first-order chi connectivity index (χ1) is 18.2. The fourth-order valence-corrected chi connectivity index (χ4v) is 5.50. The van der Waals surface area contributed by atoms with Crippen LogP contribution < -0.4 is 9.62 Å². The molecule has 38 heavy (non-hydrogen) atoms. The Morgan fingerprint density at radius 1 is 0.921 bits per heavy atom. The first-order valence-electron chi connectivity index (χ1n) is 12.7. The summed E-state index contributed by atoms with van der Waals surface area (Å²) < 4.78 is 28.5. The van der Waals surface area contributed by atoms with Gasteiger partial charge in [0.05, 0.1) is 10.6 Å². The maximum Gasteiger partial charge on any atom is 0.264 e. The van der Waals surface area contributed by atoms with E-state index < -0.39 is 28.5 Å². The summed E-state index contributed by atoms with van der Waals surface area (Å²) in [7, 11) is -4.10. The Hall–Kier alpha value is -3.36. The number of anilines is 1. The van der Waals surface area contributed by atoms with Crippen molar-refractivity contribution in [2.75, 3.05) is 23.9 Å². The molecular weight excluding hydrogens is 522 g/mol. The molecule has 3 rings (SSSR count). The summed E-state index contributed by atoms with van der Waals surface area (Å²) in [5.41, 5.74) is 1.36. The van der Waals surface area contributed by atoms with E-state index in [1.54, 1.807) is 37.3 Å². The van der Waals surface area contributed by atoms with Crippen LogP contribution in [0.25, 0.3) is 0 Å². The third kappa shape index (κ3) is 7.82. The lowest BCUT2D eigenvalue weighted by molar-refractivity contribution is -0.138. The first-order valence-corrected chi connectivity index (χ1v) is 14.5. The van der Waals surface area contributed by atoms with E-state index in [1.807, 2.05) is 37.3 Å². The topological polar surface area (TPSA) is 86.8 Å². The van der Waals surface area contributed by atoms with E-state index in [0.29, 0.717) is 23.7 Å². The quantitative estimate of drug-likeness (QED) is 0.304. The second kappa shape index (κ2) is 14.0. The fraction of sp³-hybridized carbons (Fsp3) is 0.310. The zero-order chi connectivity index (χ0) is 27.5. The van der Waals surface area contributed by atoms with Gasteiger partial charge < -0.3 is 10.2 Å². The molecule has 7 nitrogen and oxygen atoms in total. The van der Waals surface area contributed by atoms with Crippen LogP contribution in [-0.4, -0.2) is 50.8 Å². The zero-order valence-corrected chi connectivity index (χ0v) is 23.3. The smallest absolute Gasteiger partial charge is 0.264 e. The number of amides is 2. The Kier molecular flexibility index (Phi) is 10.7. The largest absolute Gasteiger partial charge is 0.354 e. The maximum atomic E-state index is 13.8. The number of hydrogen-bond donors (Lipinski definition) is 1. The standard InChI is InChI=1S/C29H34ClN3O4S/c1-3-4-20-31-29(35)23(2)32(21-19-24-11-7-5-8-12-24)28(34)22-33(26-13-9-6-10-14-26)38(36,37)27-17-15-25(30)16-18-27/h5-18,23H,3-4,19-22H2,1-2H3,(H,31,35)/t23-/m1/s1. The normalized spacial score (nSPS) is 12.0. The van der Waals surface area contributed by atoms with E-state index in [1.165, 1.54) is 29.2 Å². The predicted molar refractivity (Wildman–Crippen MR) is 152 cm³/mol. The summed E-state index contributed by atoms with van der Waals surface area (Å²) in [5, 5.41) is 3.29. The molecule has 202 valence electrons. The molecule has 0 aromatic heterocycles. The molecule has 2 amide bonds. The van der Waals surface area contributed by atoms with E-state index in [4.69, 9.17) is 11.6 Å². The molecule has 0 aliphatic rings. The number of rotatable bonds is 13. The maximum absolute atomic E-state index is 13.8. The fourth-order valence-electron chi connectivity index (χ4n) is 3.96. The van der Waals surface area contributed by atoms with Crippen molar-refractivity contribution >= 4 is 39.1 Å². The Balaban J connectivity index is 1.91. The number of sulfonamides is 1. The average molecular weight is 556 g/mol. The molecule has 0 fully saturated rings. The average Bonchev–Trinajstić information content (AvgIpc) is 2.93. The molecule has 0 unspecified atom stereocenters. The van der Waals surface area contributed by atoms with Crippen LogP contribution in [0.5, 0.6) is 0 Å². The van der Waals surface area contributed by atoms with E-state index in [9.17, 15) is 18.0 Å². The molecule has 9 heteroatoms. The minimum Gasteiger partial charge on any atom is -0.354 e. The molecule has 0 saturated heterocycles. The highest BCUT2D eigenvalue weighted by atomic mass is 35.5. The third-order valence-electron chi connectivity index (χ3n) is 6.21. The van der Waals surface area contributed by atoms with Crippen molar-refractivity contribution < 1.29 is 18.0 Å². The number of carbonyl (C=O) groups is 2. The van der Waals surface area contributed by atoms with Crippen LogP contribution >= 0.6 is 11.6 Å². The summed E-state index contributed by atoms with van der Waals surface area (Å²) in [4.78, 5) is 28.2. The van der Waals surface area contributed by atoms with Gasteiger partial charge in [0.15, 0.2) is 0 Å². The SMILES string of the molecule is CCCCNC(=O)[C@@H](C)N(CCc1ccccc1)C(=O)CN(c1ccccc1)S(=O)(=O)c1ccc(Cl)cc1. The predicted octanol–water partition coefficient (Wildman–Crippen LogP) is 4.91. The van der Waals surface area contributed by atoms with E-state index in [0.717, 1.165) is 22.7 Å². The Labute approximate surface area is 230 Å². The lowest BCUT2D eigenvalue weighted by Gasteiger charge is -2.32. The number of halogens is 1. The van der Waals surface area contributed by atoms with Gasteiger partial charge in [-0.1, -0.05) is 73.5 Å². The summed E-state index contributed by atoms with van der Waals surface area (Å²) >= 11 is 5.97. The Morgan fingerprint density at radius 2 is 1.53 bits per heavy atom. The molecule has 0 radical (unpaired) electrons. The molecule has 0 aliphatic carbocycles. The van der Waals surface area contributed by atoms with Crippen LogP contribution in [0.4, 0.5) is 5.69 Å². The molecule has 0 aliphatic heterocycles. The van der Waals surface area contributed by atoms with Gasteiger partial charge in [-0.3, -0.25) is 13.9 Å². The molecule has 0 saturated carbocycles. The molecule has 1 atom stereocenters. The van der Waals surface area contributed by atoms with Crippen LogP contribution in [0, 0.1) is 0 Å². The molecule has 1 N–H and O–H groups in total. The Bertz CT molecular complexity index is 1290. The van der Waals surface area contributed by atoms with Crippen molar-refractivity contribution in [3.63, 3.8) is 0 Å². The first kappa shape index (κ1) is 29.2. The van der Waals surface area contributed by atoms with Crippen LogP contribution in [-0.2, 0) is 26.0 Å². The highest BCUT2D eigenvalue weighted by Crippen LogP contribution is 2.25. The number of nitrogens with zero attached hydrogens (tertiary/aromatic N) is 2. The van der Waals surface area contributed by atoms with Crippen LogP contribution in [0.15, 0.2) is 89.8 Å². The lowest BCUT2D eigenvalue weighted by atomic mass is 10.1. The van der Waals surface area contributed by atoms with Gasteiger partial charge in [-0.15, -0.1) is 0 Å². The minimum atomic E-state index is -4.10. The molecular formula is C29H34ClN3O4S. The van der Waals surface area contributed by atoms with Crippen molar-refractivity contribution in [3.05, 3.63) is 95.5 Å². The monoisotopic (exact) mass is 555 g/mol. The highest BCUT2D eigenvalue weighted by Gasteiger charge is 2.32. The number of unbranched alkanes of at least 4 members (excludes halogenated alkanes) is 1. The molecule has 0 spiro atoms. The van der Waals surface area contributed by atoms with Gasteiger partial charge in [-0.05, 0) is 61.7 Å². The van der Waals surface area contributed by atoms with Gasteiger partial charge in [0, 0.05) is 18.1 Å². The van der Waals surface area contributed by atoms with Crippen LogP contribution in [0.1, 0.15) is 32.3 Å². The highest BCUT2D eigenvalue weighted by molar-refractivity contribution is 7.92. The molecule has 3 aromatic rings. The zero-order valence-electron chi connectivity index (χ0n) is 21.7. The number of para-hydroxylation sites is 1. The van der Waals surface area contributed by atoms with Gasteiger partial charge in [-0.25, -0.2) is 8.42 Å². The third-order valence-corrected chi connectivity index (χ3v) is 8.25. The second-order valence-electron chi connectivity index (χ2n) is 8.94. The van der Waals surface area contributed by atoms with Crippen LogP contribution in [0.2, 0.25) is 5.02 Å². The van der Waals surface area contributed by atoms with Gasteiger partial charge >= 0.3 is 0 Å². The second-order valence-corrected chi connectivity index (χ2v) is 11.2. The van der Waals surface area contributed by atoms with Crippen LogP contribution in [0.3, 0.4) is 0 Å². The van der Waals surface area contributed by atoms with Crippen molar-refractivity contribution in [1.82, 2.24) is 10.2 Å². The van der Waals surface area contributed by atoms with Crippen molar-refractivity contribution in [3.8, 4) is 0 Å². The van der Waals surface area contributed by atoms with Crippen molar-refractivity contribution in [2.45, 2.75) is 44.0 Å². The van der Waals surface area contributed by atoms with Crippen molar-refractivity contribution in [2.24, 2.45) is 0 Å². The molecule has 0 heterocycles. The minimum absolute atomic E-state index is 0.0137. The number of carbonyl (C=O) groups excluding carboxylic acids is 2. The summed E-state index contributed by atoms with van der Waals surface area (Å²) in [6.45, 7) is 4.02.